The second-order valence-corrected chi connectivity index (χ2v) is 4.24. The third kappa shape index (κ3) is 3.07. The summed E-state index contributed by atoms with van der Waals surface area (Å²) in [5.74, 6) is -0.351. The molecule has 0 radical (unpaired) electrons. The molecule has 2 rings (SSSR count). The van der Waals surface area contributed by atoms with Gasteiger partial charge in [-0.3, -0.25) is 5.10 Å². The highest BCUT2D eigenvalue weighted by Gasteiger charge is 2.08. The van der Waals surface area contributed by atoms with Crippen LogP contribution in [-0.4, -0.2) is 21.3 Å². The number of aromatic amines is 1. The van der Waals surface area contributed by atoms with Gasteiger partial charge in [0.1, 0.15) is 12.4 Å². The van der Waals surface area contributed by atoms with Crippen LogP contribution in [0.3, 0.4) is 0 Å². The summed E-state index contributed by atoms with van der Waals surface area (Å²) in [5, 5.41) is 14.9. The Morgan fingerprint density at radius 1 is 1.41 bits per heavy atom. The minimum Gasteiger partial charge on any atom is -0.487 e. The van der Waals surface area contributed by atoms with Gasteiger partial charge in [-0.2, -0.15) is 5.10 Å². The number of ether oxygens (including phenoxy) is 1. The van der Waals surface area contributed by atoms with Crippen LogP contribution in [0.2, 0.25) is 0 Å². The zero-order valence-corrected chi connectivity index (χ0v) is 10.3. The molecule has 0 amide bonds. The molecule has 6 heteroatoms. The molecule has 0 aliphatic heterocycles. The topological polar surface area (TPSA) is 75.2 Å². The molecule has 2 aromatic rings. The number of hydrogen-bond donors (Lipinski definition) is 2. The highest BCUT2D eigenvalue weighted by molar-refractivity contribution is 9.10. The van der Waals surface area contributed by atoms with Gasteiger partial charge in [0, 0.05) is 4.47 Å². The molecule has 88 valence electrons. The average Bonchev–Trinajstić information content (AvgIpc) is 2.77. The molecule has 0 aliphatic carbocycles. The maximum absolute atomic E-state index is 10.6. The Bertz CT molecular complexity index is 522. The number of nitrogens with one attached hydrogen (secondary N) is 1. The van der Waals surface area contributed by atoms with Gasteiger partial charge in [-0.1, -0.05) is 15.9 Å². The van der Waals surface area contributed by atoms with Crippen LogP contribution >= 0.6 is 15.9 Å². The Morgan fingerprint density at radius 3 is 2.71 bits per heavy atom. The molecule has 0 fully saturated rings. The van der Waals surface area contributed by atoms with Crippen LogP contribution < -0.4 is 4.74 Å². The van der Waals surface area contributed by atoms with Crippen molar-refractivity contribution in [3.63, 3.8) is 0 Å². The number of aromatic carboxylic acids is 1. The van der Waals surface area contributed by atoms with Crippen LogP contribution in [0.5, 0.6) is 5.75 Å². The van der Waals surface area contributed by atoms with Crippen molar-refractivity contribution in [1.82, 2.24) is 10.2 Å². The van der Waals surface area contributed by atoms with Crippen LogP contribution in [0.25, 0.3) is 0 Å². The standard InChI is InChI=1S/C11H9BrN2O3/c12-7-1-3-9(4-2-7)17-6-8-5-10(11(15)16)14-13-8/h1-5H,6H2,(H,13,14)(H,15,16). The van der Waals surface area contributed by atoms with Crippen molar-refractivity contribution < 1.29 is 14.6 Å². The molecule has 1 aromatic heterocycles. The van der Waals surface area contributed by atoms with Gasteiger partial charge in [-0.05, 0) is 30.3 Å². The van der Waals surface area contributed by atoms with Gasteiger partial charge in [0.15, 0.2) is 5.69 Å². The fourth-order valence-electron chi connectivity index (χ4n) is 1.24. The van der Waals surface area contributed by atoms with E-state index in [1.54, 1.807) is 0 Å². The van der Waals surface area contributed by atoms with Crippen molar-refractivity contribution in [2.24, 2.45) is 0 Å². The molecule has 17 heavy (non-hydrogen) atoms. The summed E-state index contributed by atoms with van der Waals surface area (Å²) < 4.78 is 6.43. The summed E-state index contributed by atoms with van der Waals surface area (Å²) in [6, 6.07) is 8.81. The van der Waals surface area contributed by atoms with Gasteiger partial charge in [-0.15, -0.1) is 0 Å². The van der Waals surface area contributed by atoms with E-state index in [0.29, 0.717) is 11.4 Å². The number of carbonyl (C=O) groups is 1. The van der Waals surface area contributed by atoms with E-state index in [-0.39, 0.29) is 12.3 Å². The van der Waals surface area contributed by atoms with Crippen molar-refractivity contribution in [3.05, 3.63) is 46.2 Å². The first-order chi connectivity index (χ1) is 8.15. The van der Waals surface area contributed by atoms with Crippen LogP contribution in [0, 0.1) is 0 Å². The number of hydrogen-bond acceptors (Lipinski definition) is 3. The number of benzene rings is 1. The molecule has 0 saturated heterocycles. The average molecular weight is 297 g/mol. The lowest BCUT2D eigenvalue weighted by atomic mass is 10.3. The van der Waals surface area contributed by atoms with E-state index >= 15 is 0 Å². The summed E-state index contributed by atoms with van der Waals surface area (Å²) in [6.45, 7) is 0.252. The molecule has 5 nitrogen and oxygen atoms in total. The first-order valence-corrected chi connectivity index (χ1v) is 5.60. The molecule has 0 aliphatic rings. The molecule has 0 spiro atoms. The summed E-state index contributed by atoms with van der Waals surface area (Å²) in [6.07, 6.45) is 0. The number of aromatic nitrogens is 2. The van der Waals surface area contributed by atoms with Gasteiger partial charge < -0.3 is 9.84 Å². The lowest BCUT2D eigenvalue weighted by molar-refractivity contribution is 0.0690. The predicted octanol–water partition coefficient (Wildman–Crippen LogP) is 2.45. The quantitative estimate of drug-likeness (QED) is 0.909. The highest BCUT2D eigenvalue weighted by atomic mass is 79.9. The van der Waals surface area contributed by atoms with Gasteiger partial charge in [0.05, 0.1) is 5.69 Å². The van der Waals surface area contributed by atoms with E-state index in [0.717, 1.165) is 4.47 Å². The van der Waals surface area contributed by atoms with Gasteiger partial charge in [0.25, 0.3) is 0 Å². The van der Waals surface area contributed by atoms with Crippen LogP contribution in [0.15, 0.2) is 34.8 Å². The van der Waals surface area contributed by atoms with Gasteiger partial charge in [-0.25, -0.2) is 4.79 Å². The second kappa shape index (κ2) is 5.01. The molecule has 0 atom stereocenters. The SMILES string of the molecule is O=C(O)c1cc(COc2ccc(Br)cc2)[nH]n1. The molecular weight excluding hydrogens is 288 g/mol. The van der Waals surface area contributed by atoms with Crippen molar-refractivity contribution in [3.8, 4) is 5.75 Å². The monoisotopic (exact) mass is 296 g/mol. The zero-order chi connectivity index (χ0) is 12.3. The van der Waals surface area contributed by atoms with Gasteiger partial charge >= 0.3 is 5.97 Å². The molecule has 2 N–H and O–H groups in total. The molecule has 0 unspecified atom stereocenters. The Balaban J connectivity index is 1.97. The maximum atomic E-state index is 10.6. The molecule has 1 aromatic carbocycles. The maximum Gasteiger partial charge on any atom is 0.356 e. The van der Waals surface area contributed by atoms with E-state index in [1.807, 2.05) is 24.3 Å². The van der Waals surface area contributed by atoms with E-state index in [2.05, 4.69) is 26.1 Å². The Hall–Kier alpha value is -1.82. The van der Waals surface area contributed by atoms with Crippen LogP contribution in [-0.2, 0) is 6.61 Å². The second-order valence-electron chi connectivity index (χ2n) is 3.33. The van der Waals surface area contributed by atoms with Crippen LogP contribution in [0.4, 0.5) is 0 Å². The summed E-state index contributed by atoms with van der Waals surface area (Å²) in [4.78, 5) is 10.6. The zero-order valence-electron chi connectivity index (χ0n) is 8.68. The van der Waals surface area contributed by atoms with Crippen molar-refractivity contribution in [1.29, 1.82) is 0 Å². The minimum absolute atomic E-state index is 0.0144. The summed E-state index contributed by atoms with van der Waals surface area (Å²) >= 11 is 3.32. The minimum atomic E-state index is -1.06. The molecule has 1 heterocycles. The fourth-order valence-corrected chi connectivity index (χ4v) is 1.50. The van der Waals surface area contributed by atoms with E-state index < -0.39 is 5.97 Å². The first-order valence-electron chi connectivity index (χ1n) is 4.81. The predicted molar refractivity (Wildman–Crippen MR) is 64.0 cm³/mol. The number of carboxylic acid groups (broad SMARTS) is 1. The number of nitrogens with zero attached hydrogens (tertiary/aromatic N) is 1. The first kappa shape index (κ1) is 11.7. The van der Waals surface area contributed by atoms with Crippen molar-refractivity contribution in [2.75, 3.05) is 0 Å². The molecule has 0 saturated carbocycles. The summed E-state index contributed by atoms with van der Waals surface area (Å²) in [7, 11) is 0. The van der Waals surface area contributed by atoms with E-state index in [9.17, 15) is 4.79 Å². The number of carboxylic acids is 1. The number of H-pyrrole nitrogens is 1. The Kier molecular flexibility index (Phi) is 3.43. The van der Waals surface area contributed by atoms with Crippen molar-refractivity contribution in [2.45, 2.75) is 6.61 Å². The molecule has 0 bridgehead atoms. The Morgan fingerprint density at radius 2 is 2.12 bits per heavy atom. The molecular formula is C11H9BrN2O3. The van der Waals surface area contributed by atoms with Crippen molar-refractivity contribution >= 4 is 21.9 Å². The number of halogens is 1. The largest absolute Gasteiger partial charge is 0.487 e. The highest BCUT2D eigenvalue weighted by Crippen LogP contribution is 2.17. The number of rotatable bonds is 4. The normalized spacial score (nSPS) is 10.2. The fraction of sp³-hybridized carbons (Fsp3) is 0.0909. The third-order valence-electron chi connectivity index (χ3n) is 2.06. The van der Waals surface area contributed by atoms with E-state index in [4.69, 9.17) is 9.84 Å². The third-order valence-corrected chi connectivity index (χ3v) is 2.59. The van der Waals surface area contributed by atoms with E-state index in [1.165, 1.54) is 6.07 Å². The summed E-state index contributed by atoms with van der Waals surface area (Å²) in [5.41, 5.74) is 0.602. The smallest absolute Gasteiger partial charge is 0.356 e. The lowest BCUT2D eigenvalue weighted by Crippen LogP contribution is -1.96. The van der Waals surface area contributed by atoms with Crippen LogP contribution in [0.1, 0.15) is 16.2 Å². The Labute approximate surface area is 106 Å². The lowest BCUT2D eigenvalue weighted by Gasteiger charge is -2.03. The van der Waals surface area contributed by atoms with Gasteiger partial charge in [0.2, 0.25) is 0 Å².